The van der Waals surface area contributed by atoms with E-state index < -0.39 is 6.16 Å². The van der Waals surface area contributed by atoms with Gasteiger partial charge in [0.2, 0.25) is 0 Å². The van der Waals surface area contributed by atoms with Crippen LogP contribution in [0.1, 0.15) is 0 Å². The van der Waals surface area contributed by atoms with Crippen molar-refractivity contribution >= 4 is 6.16 Å². The smallest absolute Gasteiger partial charge is 1.00 e. The van der Waals surface area contributed by atoms with Crippen LogP contribution in [0, 0.1) is 0 Å². The molecule has 0 fully saturated rings. The minimum Gasteiger partial charge on any atom is -1.00 e. The summed E-state index contributed by atoms with van der Waals surface area (Å²) in [4.78, 5) is 8.33. The summed E-state index contributed by atoms with van der Waals surface area (Å²) in [6.07, 6.45) is -2.33. The number of hydrogen-bond acceptors (Lipinski definition) is 3. The number of halogens is 1. The minimum atomic E-state index is -2.33. The van der Waals surface area contributed by atoms with E-state index in [1.165, 1.54) is 0 Å². The Labute approximate surface area is 81.9 Å². The van der Waals surface area contributed by atoms with Crippen LogP contribution in [0.4, 0.5) is 4.79 Å². The maximum absolute atomic E-state index is 8.33. The van der Waals surface area contributed by atoms with Crippen LogP contribution in [-0.4, -0.2) is 6.16 Å². The molecule has 0 atom stereocenters. The number of carbonyl (C=O) groups excluding carboxylic acids is 1. The predicted octanol–water partition coefficient (Wildman–Crippen LogP) is -8.44. The van der Waals surface area contributed by atoms with Crippen molar-refractivity contribution in [2.24, 2.45) is 0 Å². The van der Waals surface area contributed by atoms with E-state index in [0.717, 1.165) is 0 Å². The van der Waals surface area contributed by atoms with Gasteiger partial charge in [0.05, 0.1) is 0 Å². The minimum absolute atomic E-state index is 0. The molecule has 0 N–H and O–H groups in total. The Bertz CT molecular complexity index is 37.9. The fourth-order valence-electron chi connectivity index (χ4n) is 0. The largest absolute Gasteiger partial charge is 2.00 e. The van der Waals surface area contributed by atoms with E-state index in [-0.39, 0.29) is 61.4 Å². The van der Waals surface area contributed by atoms with Gasteiger partial charge in [-0.15, -0.1) is 0 Å². The van der Waals surface area contributed by atoms with Crippen LogP contribution in [0.25, 0.3) is 0 Å². The zero-order valence-electron chi connectivity index (χ0n) is 3.81. The first kappa shape index (κ1) is 24.1. The fraction of sp³-hybridized carbons (Fsp3) is 0. The van der Waals surface area contributed by atoms with E-state index in [1.54, 1.807) is 0 Å². The Balaban J connectivity index is -0.0000000150. The van der Waals surface area contributed by atoms with Gasteiger partial charge in [-0.2, -0.15) is 0 Å². The quantitative estimate of drug-likeness (QED) is 0.351. The standard InChI is InChI=1S/CH2O3.ClH.Na.Zn/c2-1(3)4;;;/h(H2,2,3,4);1H;;/q;;+1;+2/p-3. The Morgan fingerprint density at radius 2 is 1.29 bits per heavy atom. The van der Waals surface area contributed by atoms with Gasteiger partial charge in [-0.1, -0.05) is 0 Å². The molecule has 7 heavy (non-hydrogen) atoms. The average molecular weight is 184 g/mol. The third kappa shape index (κ3) is 138. The maximum Gasteiger partial charge on any atom is 2.00 e. The van der Waals surface area contributed by atoms with Crippen LogP contribution in [0.3, 0.4) is 0 Å². The first-order valence-electron chi connectivity index (χ1n) is 0.612. The summed E-state index contributed by atoms with van der Waals surface area (Å²) in [6.45, 7) is 0. The molecule has 0 rings (SSSR count). The van der Waals surface area contributed by atoms with Gasteiger partial charge in [0.15, 0.2) is 0 Å². The monoisotopic (exact) mass is 182 g/mol. The van der Waals surface area contributed by atoms with Crippen LogP contribution in [0.2, 0.25) is 0 Å². The Morgan fingerprint density at radius 3 is 1.29 bits per heavy atom. The number of hydrogen-bond donors (Lipinski definition) is 0. The Kier molecular flexibility index (Phi) is 54.1. The molecule has 0 aromatic carbocycles. The van der Waals surface area contributed by atoms with E-state index in [9.17, 15) is 0 Å². The van der Waals surface area contributed by atoms with Crippen LogP contribution in [-0.2, 0) is 19.5 Å². The molecule has 0 bridgehead atoms. The molecule has 0 spiro atoms. The number of rotatable bonds is 0. The zero-order chi connectivity index (χ0) is 3.58. The van der Waals surface area contributed by atoms with Crippen LogP contribution in [0.5, 0.6) is 0 Å². The summed E-state index contributed by atoms with van der Waals surface area (Å²) < 4.78 is 0. The summed E-state index contributed by atoms with van der Waals surface area (Å²) in [7, 11) is 0. The SMILES string of the molecule is O=C([O-])[O-].[Cl-].[Na+].[Zn+2]. The average Bonchev–Trinajstić information content (AvgIpc) is 0.811. The summed E-state index contributed by atoms with van der Waals surface area (Å²) >= 11 is 0. The molecule has 0 aromatic heterocycles. The Hall–Kier alpha value is 1.18. The van der Waals surface area contributed by atoms with Gasteiger partial charge in [0.25, 0.3) is 0 Å². The van der Waals surface area contributed by atoms with Crippen molar-refractivity contribution in [3.8, 4) is 0 Å². The summed E-state index contributed by atoms with van der Waals surface area (Å²) in [5.41, 5.74) is 0. The molecule has 0 radical (unpaired) electrons. The van der Waals surface area contributed by atoms with Crippen molar-refractivity contribution in [1.82, 2.24) is 0 Å². The fourth-order valence-corrected chi connectivity index (χ4v) is 0. The van der Waals surface area contributed by atoms with Crippen molar-refractivity contribution in [3.05, 3.63) is 0 Å². The van der Waals surface area contributed by atoms with Crippen LogP contribution in [0.15, 0.2) is 0 Å². The molecule has 0 aliphatic carbocycles. The topological polar surface area (TPSA) is 63.2 Å². The summed E-state index contributed by atoms with van der Waals surface area (Å²) in [5, 5.41) is 16.7. The molecule has 3 nitrogen and oxygen atoms in total. The van der Waals surface area contributed by atoms with Gasteiger partial charge in [0, 0.05) is 0 Å². The number of carboxylic acid groups (broad SMARTS) is 2. The van der Waals surface area contributed by atoms with E-state index in [4.69, 9.17) is 15.0 Å². The van der Waals surface area contributed by atoms with Gasteiger partial charge in [-0.3, -0.25) is 0 Å². The van der Waals surface area contributed by atoms with Gasteiger partial charge in [0.1, 0.15) is 0 Å². The van der Waals surface area contributed by atoms with Gasteiger partial charge >= 0.3 is 49.0 Å². The van der Waals surface area contributed by atoms with E-state index in [0.29, 0.717) is 0 Å². The molecule has 0 aliphatic heterocycles. The maximum atomic E-state index is 8.33. The molecular formula is CClNaO3Zn. The molecule has 0 unspecified atom stereocenters. The van der Waals surface area contributed by atoms with Crippen molar-refractivity contribution < 1.29 is 76.4 Å². The molecular weight excluding hydrogens is 184 g/mol. The van der Waals surface area contributed by atoms with Crippen molar-refractivity contribution in [2.45, 2.75) is 0 Å². The Morgan fingerprint density at radius 1 is 1.29 bits per heavy atom. The predicted molar refractivity (Wildman–Crippen MR) is 5.40 cm³/mol. The van der Waals surface area contributed by atoms with Gasteiger partial charge < -0.3 is 27.4 Å². The van der Waals surface area contributed by atoms with E-state index in [2.05, 4.69) is 0 Å². The van der Waals surface area contributed by atoms with Crippen molar-refractivity contribution in [3.63, 3.8) is 0 Å². The molecule has 0 saturated carbocycles. The second-order valence-corrected chi connectivity index (χ2v) is 0.250. The second-order valence-electron chi connectivity index (χ2n) is 0.250. The van der Waals surface area contributed by atoms with Gasteiger partial charge in [-0.25, -0.2) is 0 Å². The molecule has 0 amide bonds. The third-order valence-corrected chi connectivity index (χ3v) is 0. The van der Waals surface area contributed by atoms with Crippen molar-refractivity contribution in [2.75, 3.05) is 0 Å². The second kappa shape index (κ2) is 15.7. The van der Waals surface area contributed by atoms with Crippen LogP contribution < -0.4 is 52.2 Å². The molecule has 32 valence electrons. The summed E-state index contributed by atoms with van der Waals surface area (Å²) in [6, 6.07) is 0. The third-order valence-electron chi connectivity index (χ3n) is 0. The van der Waals surface area contributed by atoms with Gasteiger partial charge in [-0.05, 0) is 6.16 Å². The first-order chi connectivity index (χ1) is 1.73. The molecule has 6 heteroatoms. The van der Waals surface area contributed by atoms with Crippen LogP contribution >= 0.6 is 0 Å². The van der Waals surface area contributed by atoms with E-state index in [1.807, 2.05) is 0 Å². The van der Waals surface area contributed by atoms with E-state index >= 15 is 0 Å². The molecule has 0 heterocycles. The molecule has 0 aliphatic rings. The molecule has 0 aromatic rings. The zero-order valence-corrected chi connectivity index (χ0v) is 9.53. The first-order valence-corrected chi connectivity index (χ1v) is 0.612. The number of carbonyl (C=O) groups is 1. The summed E-state index contributed by atoms with van der Waals surface area (Å²) in [5.74, 6) is 0. The van der Waals surface area contributed by atoms with Crippen molar-refractivity contribution in [1.29, 1.82) is 0 Å². The molecule has 0 saturated heterocycles. The normalized spacial score (nSPS) is 3.43.